The molecule has 8 N–H and O–H groups in total. The molecule has 28 heavy (non-hydrogen) atoms. The maximum atomic E-state index is 11.8. The zero-order valence-corrected chi connectivity index (χ0v) is 16.5. The van der Waals surface area contributed by atoms with Crippen LogP contribution in [0.3, 0.4) is 0 Å². The van der Waals surface area contributed by atoms with Crippen LogP contribution in [0.15, 0.2) is 12.2 Å². The van der Waals surface area contributed by atoms with Crippen LogP contribution < -0.4 is 22.3 Å². The molecule has 12 nitrogen and oxygen atoms in total. The summed E-state index contributed by atoms with van der Waals surface area (Å²) in [5.41, 5.74) is 16.0. The first-order chi connectivity index (χ1) is 13.3. The first-order valence-electron chi connectivity index (χ1n) is 9.19. The van der Waals surface area contributed by atoms with Gasteiger partial charge in [-0.05, 0) is 12.8 Å². The van der Waals surface area contributed by atoms with Crippen molar-refractivity contribution in [3.8, 4) is 0 Å². The summed E-state index contributed by atoms with van der Waals surface area (Å²) in [6.45, 7) is 5.01. The van der Waals surface area contributed by atoms with E-state index >= 15 is 0 Å². The summed E-state index contributed by atoms with van der Waals surface area (Å²) in [6.07, 6.45) is 7.20. The molecule has 0 aliphatic rings. The highest BCUT2D eigenvalue weighted by Crippen LogP contribution is 1.96. The summed E-state index contributed by atoms with van der Waals surface area (Å²) in [5.74, 6) is -2.92. The van der Waals surface area contributed by atoms with Gasteiger partial charge in [0.25, 0.3) is 0 Å². The molecule has 160 valence electrons. The minimum atomic E-state index is -0.944. The Morgan fingerprint density at radius 2 is 1.18 bits per heavy atom. The van der Waals surface area contributed by atoms with Crippen LogP contribution in [0.1, 0.15) is 52.4 Å². The number of hydrogen-bond donors (Lipinski definition) is 6. The fraction of sp³-hybridized carbons (Fsp3) is 0.625. The van der Waals surface area contributed by atoms with E-state index < -0.39 is 23.9 Å². The maximum absolute atomic E-state index is 11.8. The van der Waals surface area contributed by atoms with E-state index in [9.17, 15) is 9.59 Å². The van der Waals surface area contributed by atoms with Gasteiger partial charge in [-0.3, -0.25) is 10.8 Å². The maximum Gasteiger partial charge on any atom is 0.358 e. The third kappa shape index (κ3) is 12.5. The Bertz CT molecular complexity index is 495. The summed E-state index contributed by atoms with van der Waals surface area (Å²) in [5, 5.41) is 16.2. The van der Waals surface area contributed by atoms with Gasteiger partial charge in [-0.15, -0.1) is 0 Å². The molecular formula is C16H32N8O4. The zero-order valence-electron chi connectivity index (χ0n) is 16.5. The number of rotatable bonds is 12. The summed E-state index contributed by atoms with van der Waals surface area (Å²) in [4.78, 5) is 33.2. The van der Waals surface area contributed by atoms with Crippen LogP contribution in [0.4, 0.5) is 0 Å². The smallest absolute Gasteiger partial charge is 0.358 e. The van der Waals surface area contributed by atoms with Crippen molar-refractivity contribution in [3.63, 3.8) is 0 Å². The highest BCUT2D eigenvalue weighted by Gasteiger charge is 2.14. The van der Waals surface area contributed by atoms with E-state index in [1.165, 1.54) is 0 Å². The van der Waals surface area contributed by atoms with E-state index in [4.69, 9.17) is 32.0 Å². The summed E-state index contributed by atoms with van der Waals surface area (Å²) in [7, 11) is 0. The molecule has 0 spiro atoms. The molecule has 0 amide bonds. The molecule has 0 heterocycles. The lowest BCUT2D eigenvalue weighted by molar-refractivity contribution is -0.179. The van der Waals surface area contributed by atoms with Crippen molar-refractivity contribution in [1.82, 2.24) is 21.2 Å². The van der Waals surface area contributed by atoms with E-state index in [0.717, 1.165) is 50.7 Å². The van der Waals surface area contributed by atoms with Crippen LogP contribution in [0.2, 0.25) is 0 Å². The number of nitrogens with two attached hydrogens (primary N) is 2. The van der Waals surface area contributed by atoms with Crippen molar-refractivity contribution in [2.75, 3.05) is 13.1 Å². The third-order valence-corrected chi connectivity index (χ3v) is 3.23. The van der Waals surface area contributed by atoms with Crippen molar-refractivity contribution in [2.24, 2.45) is 11.5 Å². The molecule has 12 heteroatoms. The molecule has 0 bridgehead atoms. The average Bonchev–Trinajstić information content (AvgIpc) is 2.64. The number of carbonyl (C=O) groups excluding carboxylic acids is 2. The monoisotopic (exact) mass is 400 g/mol. The predicted molar refractivity (Wildman–Crippen MR) is 104 cm³/mol. The van der Waals surface area contributed by atoms with Crippen molar-refractivity contribution in [3.05, 3.63) is 12.2 Å². The van der Waals surface area contributed by atoms with Gasteiger partial charge in [0.1, 0.15) is 0 Å². The van der Waals surface area contributed by atoms with Crippen LogP contribution in [-0.4, -0.2) is 47.3 Å². The Morgan fingerprint density at radius 3 is 1.46 bits per heavy atom. The standard InChI is InChI=1S/C16H32N8O4/c1-3-5-7-11-21-23(15(17)18)27-13(25)9-10-14(26)28-24(16(19)20)22-12-8-6-4-2/h9-10,21-22H,3-8,11-12H2,1-2H3,(H3,17,18)(H3,19,20)/b10-9-. The minimum absolute atomic E-state index is 0.462. The lowest BCUT2D eigenvalue weighted by Gasteiger charge is -2.21. The Morgan fingerprint density at radius 1 is 0.821 bits per heavy atom. The van der Waals surface area contributed by atoms with Crippen molar-refractivity contribution >= 4 is 23.9 Å². The van der Waals surface area contributed by atoms with E-state index in [0.29, 0.717) is 23.4 Å². The van der Waals surface area contributed by atoms with Crippen LogP contribution in [0.25, 0.3) is 0 Å². The molecule has 0 unspecified atom stereocenters. The lowest BCUT2D eigenvalue weighted by atomic mass is 10.2. The number of nitrogens with one attached hydrogen (secondary N) is 4. The molecule has 0 aromatic rings. The average molecular weight is 400 g/mol. The molecule has 0 aliphatic carbocycles. The lowest BCUT2D eigenvalue weighted by Crippen LogP contribution is -2.48. The number of nitrogens with zero attached hydrogens (tertiary/aromatic N) is 2. The molecule has 0 rings (SSSR count). The van der Waals surface area contributed by atoms with Gasteiger partial charge in [-0.2, -0.15) is 10.9 Å². The topological polar surface area (TPSA) is 183 Å². The molecule has 0 saturated heterocycles. The Balaban J connectivity index is 4.48. The predicted octanol–water partition coefficient (Wildman–Crippen LogP) is 0.240. The van der Waals surface area contributed by atoms with E-state index in [2.05, 4.69) is 10.9 Å². The molecule has 0 aromatic heterocycles. The Labute approximate surface area is 165 Å². The molecule has 0 atom stereocenters. The van der Waals surface area contributed by atoms with E-state index in [-0.39, 0.29) is 0 Å². The van der Waals surface area contributed by atoms with Crippen LogP contribution >= 0.6 is 0 Å². The van der Waals surface area contributed by atoms with E-state index in [1.807, 2.05) is 13.8 Å². The van der Waals surface area contributed by atoms with E-state index in [1.54, 1.807) is 0 Å². The normalized spacial score (nSPS) is 10.5. The quantitative estimate of drug-likeness (QED) is 0.0872. The molecular weight excluding hydrogens is 368 g/mol. The third-order valence-electron chi connectivity index (χ3n) is 3.23. The van der Waals surface area contributed by atoms with Gasteiger partial charge in [0, 0.05) is 25.2 Å². The van der Waals surface area contributed by atoms with Gasteiger partial charge >= 0.3 is 11.9 Å². The first kappa shape index (κ1) is 25.1. The first-order valence-corrected chi connectivity index (χ1v) is 9.19. The van der Waals surface area contributed by atoms with Gasteiger partial charge in [0.15, 0.2) is 0 Å². The second-order valence-corrected chi connectivity index (χ2v) is 5.74. The van der Waals surface area contributed by atoms with Gasteiger partial charge in [-0.1, -0.05) is 49.9 Å². The highest BCUT2D eigenvalue weighted by atomic mass is 16.7. The SMILES string of the molecule is CCCCCNN(OC(=O)/C=C\C(=O)ON(NCCCCC)C(=N)N)C(=N)N. The van der Waals surface area contributed by atoms with Crippen molar-refractivity contribution in [2.45, 2.75) is 52.4 Å². The number of guanidine groups is 2. The highest BCUT2D eigenvalue weighted by molar-refractivity contribution is 5.92. The second kappa shape index (κ2) is 15.2. The summed E-state index contributed by atoms with van der Waals surface area (Å²) in [6, 6.07) is 0. The van der Waals surface area contributed by atoms with Crippen LogP contribution in [0.5, 0.6) is 0 Å². The number of hydrazine groups is 2. The molecule has 0 fully saturated rings. The number of carbonyl (C=O) groups is 2. The number of hydroxylamine groups is 2. The van der Waals surface area contributed by atoms with Gasteiger partial charge < -0.3 is 21.1 Å². The van der Waals surface area contributed by atoms with Crippen molar-refractivity contribution < 1.29 is 19.3 Å². The van der Waals surface area contributed by atoms with Gasteiger partial charge in [-0.25, -0.2) is 9.59 Å². The van der Waals surface area contributed by atoms with Gasteiger partial charge in [0.2, 0.25) is 11.9 Å². The Kier molecular flexibility index (Phi) is 13.7. The fourth-order valence-corrected chi connectivity index (χ4v) is 1.82. The molecule has 0 saturated carbocycles. The summed E-state index contributed by atoms with van der Waals surface area (Å²) >= 11 is 0. The molecule has 0 aliphatic heterocycles. The zero-order chi connectivity index (χ0) is 21.4. The van der Waals surface area contributed by atoms with Crippen LogP contribution in [0, 0.1) is 10.8 Å². The fourth-order valence-electron chi connectivity index (χ4n) is 1.82. The molecule has 0 radical (unpaired) electrons. The Hall–Kier alpha value is -2.86. The minimum Gasteiger partial charge on any atom is -0.366 e. The largest absolute Gasteiger partial charge is 0.366 e. The number of hydrogen-bond acceptors (Lipinski definition) is 8. The molecule has 0 aromatic carbocycles. The van der Waals surface area contributed by atoms with Crippen LogP contribution in [-0.2, 0) is 19.3 Å². The summed E-state index contributed by atoms with van der Waals surface area (Å²) < 4.78 is 0. The number of unbranched alkanes of at least 4 members (excludes halogenated alkanes) is 4. The van der Waals surface area contributed by atoms with Gasteiger partial charge in [0.05, 0.1) is 0 Å². The van der Waals surface area contributed by atoms with Crippen molar-refractivity contribution in [1.29, 1.82) is 10.8 Å². The second-order valence-electron chi connectivity index (χ2n) is 5.74.